The molecule has 12 heteroatoms. The zero-order chi connectivity index (χ0) is 24.0. The number of hydrogen-bond donors (Lipinski definition) is 3. The number of hydrogen-bond acceptors (Lipinski definition) is 7. The van der Waals surface area contributed by atoms with Crippen molar-refractivity contribution in [1.82, 2.24) is 15.2 Å². The molecule has 0 unspecified atom stereocenters. The van der Waals surface area contributed by atoms with Crippen molar-refractivity contribution >= 4 is 40.9 Å². The maximum absolute atomic E-state index is 13.3. The number of β-lactam (4-membered cyclic amide) rings is 1. The Labute approximate surface area is 195 Å². The molecule has 1 aromatic carbocycles. The fourth-order valence-electron chi connectivity index (χ4n) is 4.08. The van der Waals surface area contributed by atoms with Gasteiger partial charge in [-0.25, -0.2) is 18.6 Å². The van der Waals surface area contributed by atoms with Gasteiger partial charge in [0.15, 0.2) is 16.0 Å². The van der Waals surface area contributed by atoms with Crippen LogP contribution in [0.3, 0.4) is 0 Å². The van der Waals surface area contributed by atoms with Crippen molar-refractivity contribution in [3.63, 3.8) is 0 Å². The number of aliphatic hydroxyl groups is 1. The molecule has 174 valence electrons. The SMILES string of the molecule is C[C@@H](O)[C@H]1C(=O)N2C(C(=O)O)=C(Sc3nc(C(=O)NCc4ccc(F)c(F)c4)cs3)[C@H](C)[C@H]12. The van der Waals surface area contributed by atoms with Crippen LogP contribution >= 0.6 is 23.1 Å². The Hall–Kier alpha value is -2.83. The fraction of sp³-hybridized carbons (Fsp3) is 0.333. The first-order valence-corrected chi connectivity index (χ1v) is 11.6. The first-order chi connectivity index (χ1) is 15.6. The molecule has 1 saturated heterocycles. The van der Waals surface area contributed by atoms with E-state index in [-0.39, 0.29) is 23.9 Å². The van der Waals surface area contributed by atoms with Crippen LogP contribution in [0.25, 0.3) is 0 Å². The van der Waals surface area contributed by atoms with Crippen LogP contribution in [0.1, 0.15) is 29.9 Å². The van der Waals surface area contributed by atoms with Crippen LogP contribution in [-0.4, -0.2) is 50.0 Å². The maximum atomic E-state index is 13.3. The monoisotopic (exact) mass is 495 g/mol. The van der Waals surface area contributed by atoms with E-state index < -0.39 is 47.5 Å². The van der Waals surface area contributed by atoms with Gasteiger partial charge >= 0.3 is 5.97 Å². The van der Waals surface area contributed by atoms with E-state index in [1.165, 1.54) is 23.3 Å². The third-order valence-corrected chi connectivity index (χ3v) is 7.88. The van der Waals surface area contributed by atoms with Crippen molar-refractivity contribution in [2.45, 2.75) is 36.9 Å². The molecule has 2 aromatic rings. The van der Waals surface area contributed by atoms with Crippen LogP contribution in [0.4, 0.5) is 8.78 Å². The van der Waals surface area contributed by atoms with Gasteiger partial charge in [-0.2, -0.15) is 0 Å². The van der Waals surface area contributed by atoms with Crippen molar-refractivity contribution in [2.24, 2.45) is 11.8 Å². The molecule has 0 spiro atoms. The van der Waals surface area contributed by atoms with Crippen molar-refractivity contribution < 1.29 is 33.4 Å². The number of halogens is 2. The molecule has 2 aliphatic heterocycles. The molecule has 0 aliphatic carbocycles. The van der Waals surface area contributed by atoms with Crippen molar-refractivity contribution in [2.75, 3.05) is 0 Å². The highest BCUT2D eigenvalue weighted by molar-refractivity contribution is 8.04. The number of aromatic nitrogens is 1. The maximum Gasteiger partial charge on any atom is 0.353 e. The van der Waals surface area contributed by atoms with E-state index in [2.05, 4.69) is 10.3 Å². The number of nitrogens with one attached hydrogen (secondary N) is 1. The van der Waals surface area contributed by atoms with Crippen LogP contribution in [0.2, 0.25) is 0 Å². The van der Waals surface area contributed by atoms with Crippen LogP contribution in [-0.2, 0) is 16.1 Å². The van der Waals surface area contributed by atoms with Crippen LogP contribution in [0.15, 0.2) is 38.5 Å². The first-order valence-electron chi connectivity index (χ1n) is 9.94. The zero-order valence-electron chi connectivity index (χ0n) is 17.4. The minimum absolute atomic E-state index is 0.0269. The predicted octanol–water partition coefficient (Wildman–Crippen LogP) is 2.60. The number of benzene rings is 1. The van der Waals surface area contributed by atoms with Crippen LogP contribution in [0.5, 0.6) is 0 Å². The summed E-state index contributed by atoms with van der Waals surface area (Å²) in [6.45, 7) is 3.27. The molecule has 2 amide bonds. The van der Waals surface area contributed by atoms with E-state index in [1.54, 1.807) is 6.92 Å². The zero-order valence-corrected chi connectivity index (χ0v) is 19.0. The van der Waals surface area contributed by atoms with Gasteiger partial charge in [0, 0.05) is 22.7 Å². The second-order valence-electron chi connectivity index (χ2n) is 7.80. The number of nitrogens with zero attached hydrogens (tertiary/aromatic N) is 2. The normalized spacial score (nSPS) is 22.8. The van der Waals surface area contributed by atoms with Crippen molar-refractivity contribution in [3.05, 3.63) is 57.1 Å². The third kappa shape index (κ3) is 4.13. The van der Waals surface area contributed by atoms with Gasteiger partial charge in [-0.1, -0.05) is 24.8 Å². The summed E-state index contributed by atoms with van der Waals surface area (Å²) in [6.07, 6.45) is -0.898. The Morgan fingerprint density at radius 3 is 2.70 bits per heavy atom. The molecule has 0 radical (unpaired) electrons. The number of thiazole rings is 1. The number of carboxylic acids is 1. The molecule has 0 bridgehead atoms. The lowest BCUT2D eigenvalue weighted by Gasteiger charge is -2.46. The number of carbonyl (C=O) groups excluding carboxylic acids is 2. The second-order valence-corrected chi connectivity index (χ2v) is 9.95. The topological polar surface area (TPSA) is 120 Å². The van der Waals surface area contributed by atoms with Gasteiger partial charge in [-0.05, 0) is 24.6 Å². The lowest BCUT2D eigenvalue weighted by atomic mass is 9.79. The summed E-state index contributed by atoms with van der Waals surface area (Å²) in [4.78, 5) is 42.6. The quantitative estimate of drug-likeness (QED) is 0.505. The van der Waals surface area contributed by atoms with Crippen molar-refractivity contribution in [1.29, 1.82) is 0 Å². The number of aliphatic carboxylic acids is 1. The van der Waals surface area contributed by atoms with E-state index >= 15 is 0 Å². The fourth-order valence-corrected chi connectivity index (χ4v) is 6.15. The summed E-state index contributed by atoms with van der Waals surface area (Å²) in [5.41, 5.74) is 0.346. The Bertz CT molecular complexity index is 1180. The Morgan fingerprint density at radius 1 is 1.33 bits per heavy atom. The minimum atomic E-state index is -1.25. The number of rotatable bonds is 7. The Kier molecular flexibility index (Phi) is 6.25. The first kappa shape index (κ1) is 23.3. The molecule has 3 heterocycles. The van der Waals surface area contributed by atoms with E-state index in [0.29, 0.717) is 14.8 Å². The van der Waals surface area contributed by atoms with Gasteiger partial charge in [0.05, 0.1) is 18.1 Å². The molecular weight excluding hydrogens is 476 g/mol. The molecule has 1 fully saturated rings. The van der Waals surface area contributed by atoms with Crippen LogP contribution < -0.4 is 5.32 Å². The second kappa shape index (κ2) is 8.84. The van der Waals surface area contributed by atoms with Crippen LogP contribution in [0, 0.1) is 23.5 Å². The lowest BCUT2D eigenvalue weighted by molar-refractivity contribution is -0.163. The Balaban J connectivity index is 1.47. The lowest BCUT2D eigenvalue weighted by Crippen LogP contribution is -2.63. The summed E-state index contributed by atoms with van der Waals surface area (Å²) in [7, 11) is 0. The minimum Gasteiger partial charge on any atom is -0.477 e. The van der Waals surface area contributed by atoms with E-state index in [4.69, 9.17) is 0 Å². The predicted molar refractivity (Wildman–Crippen MR) is 115 cm³/mol. The number of fused-ring (bicyclic) bond motifs is 1. The average molecular weight is 496 g/mol. The Morgan fingerprint density at radius 2 is 2.06 bits per heavy atom. The van der Waals surface area contributed by atoms with Gasteiger partial charge < -0.3 is 20.4 Å². The smallest absolute Gasteiger partial charge is 0.353 e. The summed E-state index contributed by atoms with van der Waals surface area (Å²) < 4.78 is 26.7. The summed E-state index contributed by atoms with van der Waals surface area (Å²) >= 11 is 2.21. The molecule has 3 N–H and O–H groups in total. The van der Waals surface area contributed by atoms with Gasteiger partial charge in [-0.3, -0.25) is 9.59 Å². The third-order valence-electron chi connectivity index (χ3n) is 5.66. The van der Waals surface area contributed by atoms with Gasteiger partial charge in [0.2, 0.25) is 5.91 Å². The van der Waals surface area contributed by atoms with Gasteiger partial charge in [0.25, 0.3) is 5.91 Å². The van der Waals surface area contributed by atoms with E-state index in [1.807, 2.05) is 0 Å². The molecule has 4 atom stereocenters. The summed E-state index contributed by atoms with van der Waals surface area (Å²) in [6, 6.07) is 2.88. The molecular formula is C21H19F2N3O5S2. The van der Waals surface area contributed by atoms with Gasteiger partial charge in [0.1, 0.15) is 11.4 Å². The van der Waals surface area contributed by atoms with Gasteiger partial charge in [-0.15, -0.1) is 11.3 Å². The molecule has 8 nitrogen and oxygen atoms in total. The number of aliphatic hydroxyl groups excluding tert-OH is 1. The molecule has 4 rings (SSSR count). The number of amides is 2. The standard InChI is InChI=1S/C21H19F2N3O5S2/c1-8-15-14(9(2)27)19(29)26(15)16(20(30)31)17(8)33-21-25-13(7-32-21)18(28)24-6-10-3-4-11(22)12(23)5-10/h3-5,7-9,14-15,27H,6H2,1-2H3,(H,24,28)(H,30,31)/t8-,9-,14-,15-/m1/s1. The largest absolute Gasteiger partial charge is 0.477 e. The molecule has 0 saturated carbocycles. The number of thioether (sulfide) groups is 1. The molecule has 1 aromatic heterocycles. The average Bonchev–Trinajstić information content (AvgIpc) is 3.31. The highest BCUT2D eigenvalue weighted by Gasteiger charge is 2.60. The summed E-state index contributed by atoms with van der Waals surface area (Å²) in [5.74, 6) is -5.18. The highest BCUT2D eigenvalue weighted by Crippen LogP contribution is 2.52. The van der Waals surface area contributed by atoms with E-state index in [0.717, 1.165) is 35.2 Å². The molecule has 2 aliphatic rings. The molecule has 33 heavy (non-hydrogen) atoms. The number of carboxylic acid groups (broad SMARTS) is 1. The van der Waals surface area contributed by atoms with Crippen molar-refractivity contribution in [3.8, 4) is 0 Å². The number of carbonyl (C=O) groups is 3. The van der Waals surface area contributed by atoms with E-state index in [9.17, 15) is 33.4 Å². The highest BCUT2D eigenvalue weighted by atomic mass is 32.2. The summed E-state index contributed by atoms with van der Waals surface area (Å²) in [5, 5.41) is 23.7.